The molecule has 3 aliphatic heterocycles. The molecule has 0 radical (unpaired) electrons. The van der Waals surface area contributed by atoms with Crippen molar-refractivity contribution in [1.82, 2.24) is 10.2 Å². The molecule has 0 aliphatic carbocycles. The van der Waals surface area contributed by atoms with Crippen LogP contribution in [0.1, 0.15) is 25.7 Å². The van der Waals surface area contributed by atoms with Gasteiger partial charge in [0.1, 0.15) is 0 Å². The van der Waals surface area contributed by atoms with Gasteiger partial charge >= 0.3 is 0 Å². The Bertz CT molecular complexity index is 375. The Morgan fingerprint density at radius 1 is 1.00 bits per heavy atom. The highest BCUT2D eigenvalue weighted by Crippen LogP contribution is 2.39. The Kier molecular flexibility index (Phi) is 5.31. The molecular weight excluding hydrogens is 297 g/mol. The minimum atomic E-state index is -3.33. The van der Waals surface area contributed by atoms with E-state index in [0.29, 0.717) is 18.1 Å². The first-order valence-corrected chi connectivity index (χ1v) is 7.66. The van der Waals surface area contributed by atoms with Gasteiger partial charge in [0.05, 0.1) is 5.25 Å². The van der Waals surface area contributed by atoms with E-state index in [0.717, 1.165) is 38.8 Å². The fourth-order valence-corrected chi connectivity index (χ4v) is 4.49. The molecule has 0 amide bonds. The highest BCUT2D eigenvalue weighted by Gasteiger charge is 2.47. The molecule has 3 atom stereocenters. The van der Waals surface area contributed by atoms with Crippen LogP contribution in [0, 0.1) is 0 Å². The molecule has 0 unspecified atom stereocenters. The average Bonchev–Trinajstić information content (AvgIpc) is 2.39. The third-order valence-electron chi connectivity index (χ3n) is 4.39. The molecule has 0 saturated carbocycles. The highest BCUT2D eigenvalue weighted by molar-refractivity contribution is 7.89. The van der Waals surface area contributed by atoms with Crippen LogP contribution in [0.5, 0.6) is 0 Å². The first-order valence-electron chi connectivity index (χ1n) is 6.05. The zero-order valence-electron chi connectivity index (χ0n) is 10.1. The Labute approximate surface area is 121 Å². The minimum Gasteiger partial charge on any atom is -0.314 e. The normalized spacial score (nSPS) is 36.4. The summed E-state index contributed by atoms with van der Waals surface area (Å²) in [5.41, 5.74) is 0. The summed E-state index contributed by atoms with van der Waals surface area (Å²) in [6.45, 7) is 2.13. The summed E-state index contributed by atoms with van der Waals surface area (Å²) < 4.78 is 22.8. The van der Waals surface area contributed by atoms with Crippen molar-refractivity contribution in [2.45, 2.75) is 49.1 Å². The Morgan fingerprint density at radius 2 is 1.50 bits per heavy atom. The minimum absolute atomic E-state index is 0. The molecule has 8 heteroatoms. The fraction of sp³-hybridized carbons (Fsp3) is 1.00. The lowest BCUT2D eigenvalue weighted by atomic mass is 9.97. The Hall–Kier alpha value is 0.410. The third kappa shape index (κ3) is 2.78. The van der Waals surface area contributed by atoms with Crippen LogP contribution in [0.4, 0.5) is 0 Å². The Balaban J connectivity index is 0.000000810. The van der Waals surface area contributed by atoms with Gasteiger partial charge in [0, 0.05) is 31.2 Å². The van der Waals surface area contributed by atoms with Gasteiger partial charge in [-0.25, -0.2) is 13.6 Å². The van der Waals surface area contributed by atoms with Gasteiger partial charge in [-0.2, -0.15) is 0 Å². The van der Waals surface area contributed by atoms with E-state index in [2.05, 4.69) is 10.2 Å². The molecule has 3 N–H and O–H groups in total. The number of nitrogens with one attached hydrogen (secondary N) is 1. The topological polar surface area (TPSA) is 75.4 Å². The van der Waals surface area contributed by atoms with E-state index in [4.69, 9.17) is 5.14 Å². The van der Waals surface area contributed by atoms with Crippen molar-refractivity contribution in [3.63, 3.8) is 0 Å². The zero-order chi connectivity index (χ0) is 11.3. The predicted octanol–water partition coefficient (Wildman–Crippen LogP) is 0.0857. The second kappa shape index (κ2) is 5.81. The lowest BCUT2D eigenvalue weighted by molar-refractivity contribution is 0.0592. The summed E-state index contributed by atoms with van der Waals surface area (Å²) in [4.78, 5) is 2.55. The fourth-order valence-electron chi connectivity index (χ4n) is 3.51. The van der Waals surface area contributed by atoms with Gasteiger partial charge in [0.15, 0.2) is 0 Å². The number of piperidine rings is 1. The van der Waals surface area contributed by atoms with Gasteiger partial charge in [-0.1, -0.05) is 0 Å². The van der Waals surface area contributed by atoms with Crippen LogP contribution in [-0.4, -0.2) is 49.8 Å². The summed E-state index contributed by atoms with van der Waals surface area (Å²) in [6.07, 6.45) is 3.78. The summed E-state index contributed by atoms with van der Waals surface area (Å²) in [6, 6.07) is 1.54. The number of rotatable bonds is 2. The quantitative estimate of drug-likeness (QED) is 0.756. The third-order valence-corrected chi connectivity index (χ3v) is 5.71. The molecule has 0 spiro atoms. The van der Waals surface area contributed by atoms with Gasteiger partial charge in [-0.3, -0.25) is 4.90 Å². The van der Waals surface area contributed by atoms with E-state index in [1.54, 1.807) is 0 Å². The van der Waals surface area contributed by atoms with Gasteiger partial charge in [0.25, 0.3) is 0 Å². The lowest BCUT2D eigenvalue weighted by Gasteiger charge is -2.46. The van der Waals surface area contributed by atoms with Gasteiger partial charge < -0.3 is 5.32 Å². The first kappa shape index (κ1) is 16.5. The SMILES string of the molecule is Cl.Cl.NS(=O)(=O)[C@@H]1C[C@H]2CC[C@@H](C1)N2C1CNC1. The molecule has 3 aliphatic rings. The molecule has 18 heavy (non-hydrogen) atoms. The molecule has 3 fully saturated rings. The number of primary sulfonamides is 1. The van der Waals surface area contributed by atoms with Gasteiger partial charge in [-0.15, -0.1) is 24.8 Å². The highest BCUT2D eigenvalue weighted by atomic mass is 35.5. The van der Waals surface area contributed by atoms with E-state index in [9.17, 15) is 8.42 Å². The number of halogens is 2. The summed E-state index contributed by atoms with van der Waals surface area (Å²) in [7, 11) is -3.33. The monoisotopic (exact) mass is 317 g/mol. The largest absolute Gasteiger partial charge is 0.314 e. The molecule has 3 saturated heterocycles. The van der Waals surface area contributed by atoms with Crippen LogP contribution >= 0.6 is 24.8 Å². The second-order valence-electron chi connectivity index (χ2n) is 5.33. The van der Waals surface area contributed by atoms with Crippen LogP contribution in [0.2, 0.25) is 0 Å². The number of sulfonamides is 1. The van der Waals surface area contributed by atoms with E-state index >= 15 is 0 Å². The maximum atomic E-state index is 11.4. The molecule has 3 rings (SSSR count). The first-order chi connectivity index (χ1) is 7.55. The smallest absolute Gasteiger partial charge is 0.212 e. The van der Waals surface area contributed by atoms with Crippen LogP contribution in [0.25, 0.3) is 0 Å². The van der Waals surface area contributed by atoms with Crippen molar-refractivity contribution >= 4 is 34.8 Å². The van der Waals surface area contributed by atoms with Crippen molar-refractivity contribution in [1.29, 1.82) is 0 Å². The predicted molar refractivity (Wildman–Crippen MR) is 75.9 cm³/mol. The van der Waals surface area contributed by atoms with E-state index < -0.39 is 10.0 Å². The maximum absolute atomic E-state index is 11.4. The summed E-state index contributed by atoms with van der Waals surface area (Å²) in [5.74, 6) is 0. The van der Waals surface area contributed by atoms with Crippen molar-refractivity contribution in [2.24, 2.45) is 5.14 Å². The molecule has 0 aromatic heterocycles. The van der Waals surface area contributed by atoms with Gasteiger partial charge in [-0.05, 0) is 25.7 Å². The zero-order valence-corrected chi connectivity index (χ0v) is 12.6. The van der Waals surface area contributed by atoms with Crippen molar-refractivity contribution < 1.29 is 8.42 Å². The van der Waals surface area contributed by atoms with Crippen molar-refractivity contribution in [2.75, 3.05) is 13.1 Å². The number of nitrogens with two attached hydrogens (primary N) is 1. The van der Waals surface area contributed by atoms with Crippen molar-refractivity contribution in [3.05, 3.63) is 0 Å². The molecule has 108 valence electrons. The molecule has 5 nitrogen and oxygen atoms in total. The van der Waals surface area contributed by atoms with E-state index in [1.807, 2.05) is 0 Å². The average molecular weight is 318 g/mol. The van der Waals surface area contributed by atoms with E-state index in [1.165, 1.54) is 0 Å². The molecule has 3 heterocycles. The summed E-state index contributed by atoms with van der Waals surface area (Å²) in [5, 5.41) is 8.26. The van der Waals surface area contributed by atoms with E-state index in [-0.39, 0.29) is 30.1 Å². The van der Waals surface area contributed by atoms with Gasteiger partial charge in [0.2, 0.25) is 10.0 Å². The van der Waals surface area contributed by atoms with Crippen molar-refractivity contribution in [3.8, 4) is 0 Å². The van der Waals surface area contributed by atoms with Crippen LogP contribution in [0.3, 0.4) is 0 Å². The number of fused-ring (bicyclic) bond motifs is 2. The molecule has 0 aromatic rings. The number of hydrogen-bond acceptors (Lipinski definition) is 4. The van der Waals surface area contributed by atoms with Crippen LogP contribution in [-0.2, 0) is 10.0 Å². The Morgan fingerprint density at radius 3 is 1.83 bits per heavy atom. The standard InChI is InChI=1S/C10H19N3O2S.2ClH/c11-16(14,15)10-3-7-1-2-8(4-10)13(7)9-5-12-6-9;;/h7-10,12H,1-6H2,(H2,11,14,15);2*1H/t7-,8+,10-;;. The van der Waals surface area contributed by atoms with Crippen LogP contribution < -0.4 is 10.5 Å². The maximum Gasteiger partial charge on any atom is 0.212 e. The number of nitrogens with zero attached hydrogens (tertiary/aromatic N) is 1. The second-order valence-corrected chi connectivity index (χ2v) is 7.17. The molecule has 2 bridgehead atoms. The molecular formula is C10H21Cl2N3O2S. The lowest BCUT2D eigenvalue weighted by Crippen LogP contribution is -2.63. The summed E-state index contributed by atoms with van der Waals surface area (Å²) >= 11 is 0. The van der Waals surface area contributed by atoms with Crippen LogP contribution in [0.15, 0.2) is 0 Å². The number of hydrogen-bond donors (Lipinski definition) is 2. The molecule has 0 aromatic carbocycles.